The number of carbonyl (C=O) groups is 2. The number of hydrogen-bond donors (Lipinski definition) is 0. The maximum absolute atomic E-state index is 13.9. The van der Waals surface area contributed by atoms with Crippen molar-refractivity contribution in [1.29, 1.82) is 0 Å². The van der Waals surface area contributed by atoms with Crippen molar-refractivity contribution >= 4 is 51.9 Å². The Morgan fingerprint density at radius 3 is 2.45 bits per heavy atom. The second kappa shape index (κ2) is 12.5. The lowest BCUT2D eigenvalue weighted by Gasteiger charge is -2.25. The molecule has 1 unspecified atom stereocenters. The summed E-state index contributed by atoms with van der Waals surface area (Å²) >= 11 is 3.32. The first-order valence-corrected chi connectivity index (χ1v) is 14.9. The Morgan fingerprint density at radius 2 is 1.85 bits per heavy atom. The van der Waals surface area contributed by atoms with Gasteiger partial charge in [-0.3, -0.25) is 14.2 Å². The van der Waals surface area contributed by atoms with E-state index in [-0.39, 0.29) is 12.2 Å². The van der Waals surface area contributed by atoms with Crippen LogP contribution < -0.4 is 24.4 Å². The largest absolute Gasteiger partial charge is 0.490 e. The average Bonchev–Trinajstić information content (AvgIpc) is 3.19. The summed E-state index contributed by atoms with van der Waals surface area (Å²) in [5.41, 5.74) is 3.25. The van der Waals surface area contributed by atoms with Gasteiger partial charge in [0.25, 0.3) is 5.56 Å². The zero-order valence-electron chi connectivity index (χ0n) is 23.2. The lowest BCUT2D eigenvalue weighted by atomic mass is 9.93. The highest BCUT2D eigenvalue weighted by atomic mass is 127. The van der Waals surface area contributed by atoms with Crippen molar-refractivity contribution in [1.82, 2.24) is 4.57 Å². The lowest BCUT2D eigenvalue weighted by molar-refractivity contribution is -0.139. The van der Waals surface area contributed by atoms with Crippen LogP contribution in [0.1, 0.15) is 70.2 Å². The first kappa shape index (κ1) is 29.7. The molecule has 4 rings (SSSR count). The van der Waals surface area contributed by atoms with E-state index in [4.69, 9.17) is 14.2 Å². The van der Waals surface area contributed by atoms with Crippen molar-refractivity contribution in [2.45, 2.75) is 53.5 Å². The average molecular weight is 675 g/mol. The Labute approximate surface area is 250 Å². The van der Waals surface area contributed by atoms with Crippen LogP contribution in [0.3, 0.4) is 0 Å². The van der Waals surface area contributed by atoms with E-state index in [1.807, 2.05) is 37.3 Å². The van der Waals surface area contributed by atoms with Crippen LogP contribution in [0, 0.1) is 3.57 Å². The molecule has 0 aliphatic carbocycles. The Morgan fingerprint density at radius 1 is 1.15 bits per heavy atom. The molecule has 1 aliphatic heterocycles. The molecule has 1 atom stereocenters. The van der Waals surface area contributed by atoms with Gasteiger partial charge >= 0.3 is 11.9 Å². The van der Waals surface area contributed by atoms with Gasteiger partial charge in [-0.15, -0.1) is 0 Å². The third kappa shape index (κ3) is 6.07. The van der Waals surface area contributed by atoms with E-state index in [9.17, 15) is 14.4 Å². The zero-order valence-corrected chi connectivity index (χ0v) is 26.2. The number of halogens is 1. The number of benzene rings is 2. The molecule has 0 N–H and O–H groups in total. The molecule has 8 nitrogen and oxygen atoms in total. The smallest absolute Gasteiger partial charge is 0.338 e. The van der Waals surface area contributed by atoms with Crippen LogP contribution in [0.15, 0.2) is 57.5 Å². The second-order valence-corrected chi connectivity index (χ2v) is 11.7. The molecule has 3 aromatic rings. The first-order chi connectivity index (χ1) is 19.0. The highest BCUT2D eigenvalue weighted by Crippen LogP contribution is 2.35. The summed E-state index contributed by atoms with van der Waals surface area (Å²) in [6.07, 6.45) is 1.76. The minimum Gasteiger partial charge on any atom is -0.490 e. The summed E-state index contributed by atoms with van der Waals surface area (Å²) in [4.78, 5) is 43.8. The molecule has 2 heterocycles. The Kier molecular flexibility index (Phi) is 9.29. The fourth-order valence-electron chi connectivity index (χ4n) is 4.50. The van der Waals surface area contributed by atoms with Crippen LogP contribution in [-0.2, 0) is 14.3 Å². The van der Waals surface area contributed by atoms with Gasteiger partial charge in [0.1, 0.15) is 0 Å². The van der Waals surface area contributed by atoms with Crippen molar-refractivity contribution < 1.29 is 23.8 Å². The molecule has 2 aromatic carbocycles. The molecule has 0 spiro atoms. The number of aromatic nitrogens is 1. The van der Waals surface area contributed by atoms with Crippen molar-refractivity contribution in [3.8, 4) is 11.5 Å². The predicted octanol–water partition coefficient (Wildman–Crippen LogP) is 4.85. The first-order valence-electron chi connectivity index (χ1n) is 13.0. The van der Waals surface area contributed by atoms with Gasteiger partial charge in [0.2, 0.25) is 0 Å². The Hall–Kier alpha value is -3.25. The van der Waals surface area contributed by atoms with Gasteiger partial charge in [0.05, 0.1) is 38.6 Å². The number of allylic oxidation sites excluding steroid dienone is 1. The topological polar surface area (TPSA) is 96.2 Å². The standard InChI is InChI=1S/C30H31IN2O6S/c1-7-37-23-14-19(13-22(31)27(23)39-18(6)34)15-24-28(35)33-26(21-11-9-20(10-12-21)16(3)4)25(29(36)38-8-2)17(5)32-30(33)40-24/h9-16,26H,7-8H2,1-6H3. The summed E-state index contributed by atoms with van der Waals surface area (Å²) in [6, 6.07) is 10.8. The van der Waals surface area contributed by atoms with Crippen LogP contribution in [0.2, 0.25) is 0 Å². The highest BCUT2D eigenvalue weighted by Gasteiger charge is 2.33. The van der Waals surface area contributed by atoms with E-state index < -0.39 is 18.0 Å². The number of esters is 2. The van der Waals surface area contributed by atoms with Gasteiger partial charge in [-0.1, -0.05) is 49.4 Å². The molecule has 0 radical (unpaired) electrons. The van der Waals surface area contributed by atoms with Crippen LogP contribution in [-0.4, -0.2) is 29.7 Å². The summed E-state index contributed by atoms with van der Waals surface area (Å²) in [5, 5.41) is 0. The molecule has 0 saturated heterocycles. The molecular weight excluding hydrogens is 643 g/mol. The van der Waals surface area contributed by atoms with E-state index in [2.05, 4.69) is 41.4 Å². The summed E-state index contributed by atoms with van der Waals surface area (Å²) < 4.78 is 19.2. The molecule has 40 heavy (non-hydrogen) atoms. The molecule has 0 fully saturated rings. The molecule has 0 bridgehead atoms. The van der Waals surface area contributed by atoms with Gasteiger partial charge in [0.15, 0.2) is 16.3 Å². The third-order valence-corrected chi connectivity index (χ3v) is 8.10. The SMILES string of the molecule is CCOC(=O)C1=C(C)N=c2sc(=Cc3cc(I)c(OC(C)=O)c(OCC)c3)c(=O)n2C1c1ccc(C(C)C)cc1. The second-order valence-electron chi connectivity index (χ2n) is 9.48. The molecule has 1 aromatic heterocycles. The number of ether oxygens (including phenoxy) is 3. The molecule has 10 heteroatoms. The van der Waals surface area contributed by atoms with Gasteiger partial charge in [-0.25, -0.2) is 9.79 Å². The number of hydrogen-bond acceptors (Lipinski definition) is 8. The van der Waals surface area contributed by atoms with E-state index in [1.165, 1.54) is 18.3 Å². The normalized spacial score (nSPS) is 15.1. The quantitative estimate of drug-likeness (QED) is 0.193. The number of fused-ring (bicyclic) bond motifs is 1. The van der Waals surface area contributed by atoms with E-state index in [0.29, 0.717) is 53.8 Å². The summed E-state index contributed by atoms with van der Waals surface area (Å²) in [5.74, 6) is 0.150. The van der Waals surface area contributed by atoms with Crippen molar-refractivity contribution in [2.75, 3.05) is 13.2 Å². The van der Waals surface area contributed by atoms with Crippen LogP contribution in [0.4, 0.5) is 0 Å². The van der Waals surface area contributed by atoms with E-state index >= 15 is 0 Å². The molecule has 1 aliphatic rings. The van der Waals surface area contributed by atoms with Crippen LogP contribution >= 0.6 is 33.9 Å². The van der Waals surface area contributed by atoms with Crippen molar-refractivity contribution in [3.63, 3.8) is 0 Å². The van der Waals surface area contributed by atoms with E-state index in [0.717, 1.165) is 11.1 Å². The maximum atomic E-state index is 13.9. The van der Waals surface area contributed by atoms with Gasteiger partial charge in [0, 0.05) is 6.92 Å². The summed E-state index contributed by atoms with van der Waals surface area (Å²) in [6.45, 7) is 11.5. The van der Waals surface area contributed by atoms with Gasteiger partial charge < -0.3 is 14.2 Å². The number of thiazole rings is 1. The molecular formula is C30H31IN2O6S. The van der Waals surface area contributed by atoms with Gasteiger partial charge in [-0.05, 0) is 84.2 Å². The lowest BCUT2D eigenvalue weighted by Crippen LogP contribution is -2.39. The third-order valence-electron chi connectivity index (χ3n) is 6.31. The Balaban J connectivity index is 1.91. The van der Waals surface area contributed by atoms with Crippen molar-refractivity contribution in [3.05, 3.63) is 87.6 Å². The van der Waals surface area contributed by atoms with Gasteiger partial charge in [-0.2, -0.15) is 0 Å². The monoisotopic (exact) mass is 674 g/mol. The molecule has 0 amide bonds. The fourth-order valence-corrected chi connectivity index (χ4v) is 6.28. The zero-order chi connectivity index (χ0) is 29.1. The van der Waals surface area contributed by atoms with Crippen LogP contribution in [0.25, 0.3) is 6.08 Å². The Bertz CT molecular complexity index is 1670. The summed E-state index contributed by atoms with van der Waals surface area (Å²) in [7, 11) is 0. The van der Waals surface area contributed by atoms with Crippen molar-refractivity contribution in [2.24, 2.45) is 4.99 Å². The minimum absolute atomic E-state index is 0.211. The number of carbonyl (C=O) groups excluding carboxylic acids is 2. The highest BCUT2D eigenvalue weighted by molar-refractivity contribution is 14.1. The minimum atomic E-state index is -0.677. The van der Waals surface area contributed by atoms with Crippen LogP contribution in [0.5, 0.6) is 11.5 Å². The molecule has 0 saturated carbocycles. The van der Waals surface area contributed by atoms with E-state index in [1.54, 1.807) is 30.6 Å². The maximum Gasteiger partial charge on any atom is 0.338 e. The molecule has 210 valence electrons. The number of nitrogens with zero attached hydrogens (tertiary/aromatic N) is 2. The fraction of sp³-hybridized carbons (Fsp3) is 0.333. The number of rotatable bonds is 8. The predicted molar refractivity (Wildman–Crippen MR) is 163 cm³/mol.